The maximum atomic E-state index is 13.7. The molecule has 0 saturated carbocycles. The van der Waals surface area contributed by atoms with Gasteiger partial charge in [-0.15, -0.1) is 0 Å². The molecule has 0 aliphatic heterocycles. The van der Waals surface area contributed by atoms with E-state index in [0.29, 0.717) is 27.4 Å². The van der Waals surface area contributed by atoms with E-state index >= 15 is 0 Å². The summed E-state index contributed by atoms with van der Waals surface area (Å²) in [4.78, 5) is 3.53. The quantitative estimate of drug-likeness (QED) is 0.427. The Labute approximate surface area is 177 Å². The van der Waals surface area contributed by atoms with Crippen LogP contribution in [0.4, 0.5) is 18.9 Å². The molecule has 0 fully saturated rings. The van der Waals surface area contributed by atoms with Gasteiger partial charge in [0.1, 0.15) is 6.07 Å². The number of rotatable bonds is 5. The number of anilines is 1. The summed E-state index contributed by atoms with van der Waals surface area (Å²) < 4.78 is 41.1. The second-order valence-electron chi connectivity index (χ2n) is 6.55. The van der Waals surface area contributed by atoms with Crippen LogP contribution in [-0.4, -0.2) is 18.5 Å². The minimum atomic E-state index is -4.49. The van der Waals surface area contributed by atoms with Gasteiger partial charge in [0.05, 0.1) is 23.5 Å². The Morgan fingerprint density at radius 3 is 2.43 bits per heavy atom. The molecule has 0 bridgehead atoms. The number of nitrogens with zero attached hydrogens (tertiary/aromatic N) is 2. The monoisotopic (exact) mass is 433 g/mol. The van der Waals surface area contributed by atoms with Crippen molar-refractivity contribution in [2.75, 3.05) is 5.32 Å². The number of allylic oxidation sites excluding steroid dienone is 1. The number of aliphatic imine (C=N–C) groups is 1. The largest absolute Gasteiger partial charge is 0.399 e. The number of guanidine groups is 1. The van der Waals surface area contributed by atoms with E-state index in [1.54, 1.807) is 19.9 Å². The smallest absolute Gasteiger partial charge is 0.368 e. The molecule has 1 atom stereocenters. The highest BCUT2D eigenvalue weighted by Crippen LogP contribution is 2.38. The van der Waals surface area contributed by atoms with Gasteiger partial charge in [0.15, 0.2) is 0 Å². The Balaban J connectivity index is 2.36. The zero-order valence-corrected chi connectivity index (χ0v) is 16.9. The average Bonchev–Trinajstić information content (AvgIpc) is 2.65. The van der Waals surface area contributed by atoms with Gasteiger partial charge in [-0.2, -0.15) is 18.4 Å². The predicted molar refractivity (Wildman–Crippen MR) is 114 cm³/mol. The van der Waals surface area contributed by atoms with E-state index < -0.39 is 18.1 Å². The SMILES string of the molecule is Cc1cc(C(/C=C/c2ccc(N/C=N\C(=N)N)c(C#N)c2)C(F)(F)F)cc(C)c1Cl. The zero-order chi connectivity index (χ0) is 22.5. The van der Waals surface area contributed by atoms with Crippen LogP contribution in [0.2, 0.25) is 5.02 Å². The summed E-state index contributed by atoms with van der Waals surface area (Å²) in [7, 11) is 0. The zero-order valence-electron chi connectivity index (χ0n) is 16.2. The van der Waals surface area contributed by atoms with Crippen molar-refractivity contribution in [3.05, 3.63) is 69.2 Å². The summed E-state index contributed by atoms with van der Waals surface area (Å²) in [6, 6.07) is 9.37. The van der Waals surface area contributed by atoms with Gasteiger partial charge >= 0.3 is 6.18 Å². The second-order valence-corrected chi connectivity index (χ2v) is 6.93. The van der Waals surface area contributed by atoms with Crippen LogP contribution >= 0.6 is 11.6 Å². The van der Waals surface area contributed by atoms with Crippen LogP contribution in [0.15, 0.2) is 41.4 Å². The molecule has 0 aliphatic rings. The fourth-order valence-corrected chi connectivity index (χ4v) is 2.94. The van der Waals surface area contributed by atoms with Crippen molar-refractivity contribution in [1.29, 1.82) is 10.7 Å². The van der Waals surface area contributed by atoms with Crippen LogP contribution in [0.25, 0.3) is 6.08 Å². The molecule has 1 unspecified atom stereocenters. The highest BCUT2D eigenvalue weighted by atomic mass is 35.5. The number of aryl methyl sites for hydroxylation is 2. The van der Waals surface area contributed by atoms with Gasteiger partial charge in [-0.3, -0.25) is 5.41 Å². The number of nitrogens with two attached hydrogens (primary N) is 1. The third kappa shape index (κ3) is 5.84. The summed E-state index contributed by atoms with van der Waals surface area (Å²) in [5.41, 5.74) is 7.36. The van der Waals surface area contributed by atoms with Crippen LogP contribution in [0.1, 0.15) is 33.7 Å². The highest BCUT2D eigenvalue weighted by molar-refractivity contribution is 6.32. The first-order chi connectivity index (χ1) is 14.0. The van der Waals surface area contributed by atoms with E-state index in [1.165, 1.54) is 30.3 Å². The van der Waals surface area contributed by atoms with Gasteiger partial charge in [0.25, 0.3) is 0 Å². The fourth-order valence-electron chi connectivity index (χ4n) is 2.83. The third-order valence-corrected chi connectivity index (χ3v) is 4.84. The summed E-state index contributed by atoms with van der Waals surface area (Å²) in [6.45, 7) is 3.33. The number of nitriles is 1. The third-order valence-electron chi connectivity index (χ3n) is 4.24. The lowest BCUT2D eigenvalue weighted by Gasteiger charge is -2.19. The van der Waals surface area contributed by atoms with E-state index in [9.17, 15) is 18.4 Å². The minimum absolute atomic E-state index is 0.0948. The van der Waals surface area contributed by atoms with Crippen molar-refractivity contribution in [1.82, 2.24) is 0 Å². The van der Waals surface area contributed by atoms with E-state index in [1.807, 2.05) is 6.07 Å². The molecule has 2 aromatic carbocycles. The Morgan fingerprint density at radius 1 is 1.27 bits per heavy atom. The molecule has 0 amide bonds. The molecule has 2 rings (SSSR count). The molecule has 0 saturated heterocycles. The molecule has 0 spiro atoms. The molecular formula is C21H19ClF3N5. The van der Waals surface area contributed by atoms with Crippen LogP contribution in [-0.2, 0) is 0 Å². The summed E-state index contributed by atoms with van der Waals surface area (Å²) in [5, 5.41) is 19.5. The second kappa shape index (κ2) is 9.46. The van der Waals surface area contributed by atoms with Crippen molar-refractivity contribution >= 4 is 35.7 Å². The molecule has 2 aromatic rings. The van der Waals surface area contributed by atoms with Gasteiger partial charge in [-0.25, -0.2) is 4.99 Å². The molecular weight excluding hydrogens is 415 g/mol. The van der Waals surface area contributed by atoms with Crippen molar-refractivity contribution in [3.8, 4) is 6.07 Å². The number of hydrogen-bond acceptors (Lipinski definition) is 2. The van der Waals surface area contributed by atoms with Gasteiger partial charge in [-0.1, -0.05) is 42.0 Å². The minimum Gasteiger partial charge on any atom is -0.368 e. The molecule has 4 N–H and O–H groups in total. The standard InChI is InChI=1S/C21H19ClF3N5/c1-12-7-15(8-13(2)19(12)22)17(21(23,24)25)5-3-14-4-6-18(16(9-14)10-26)29-11-30-20(27)28/h3-9,11,17H,1-2H3,(H4,27,28,29,30)/b5-3+. The Morgan fingerprint density at radius 2 is 1.90 bits per heavy atom. The van der Waals surface area contributed by atoms with Gasteiger partial charge in [-0.05, 0) is 48.2 Å². The highest BCUT2D eigenvalue weighted by Gasteiger charge is 2.39. The number of alkyl halides is 3. The topological polar surface area (TPSA) is 98.1 Å². The average molecular weight is 434 g/mol. The summed E-state index contributed by atoms with van der Waals surface area (Å²) in [6.07, 6.45) is -0.959. The van der Waals surface area contributed by atoms with Crippen molar-refractivity contribution in [3.63, 3.8) is 0 Å². The van der Waals surface area contributed by atoms with E-state index in [4.69, 9.17) is 22.7 Å². The van der Waals surface area contributed by atoms with Crippen LogP contribution in [0.5, 0.6) is 0 Å². The Hall–Kier alpha value is -3.31. The summed E-state index contributed by atoms with van der Waals surface area (Å²) in [5.74, 6) is -2.23. The number of halogens is 4. The van der Waals surface area contributed by atoms with Crippen LogP contribution < -0.4 is 11.1 Å². The molecule has 156 valence electrons. The Bertz CT molecular complexity index is 1030. The lowest BCUT2D eigenvalue weighted by Crippen LogP contribution is -2.19. The first kappa shape index (κ1) is 23.0. The van der Waals surface area contributed by atoms with Crippen LogP contribution in [0.3, 0.4) is 0 Å². The number of benzene rings is 2. The molecule has 9 heteroatoms. The summed E-state index contributed by atoms with van der Waals surface area (Å²) >= 11 is 6.08. The molecule has 0 aromatic heterocycles. The van der Waals surface area contributed by atoms with Crippen molar-refractivity contribution in [2.45, 2.75) is 25.9 Å². The maximum Gasteiger partial charge on any atom is 0.399 e. The van der Waals surface area contributed by atoms with Crippen LogP contribution in [0, 0.1) is 30.6 Å². The maximum absolute atomic E-state index is 13.7. The predicted octanol–water partition coefficient (Wildman–Crippen LogP) is 5.52. The number of hydrogen-bond donors (Lipinski definition) is 3. The molecule has 0 radical (unpaired) electrons. The molecule has 0 heterocycles. The van der Waals surface area contributed by atoms with Gasteiger partial charge in [0.2, 0.25) is 5.96 Å². The Kier molecular flexibility index (Phi) is 7.24. The van der Waals surface area contributed by atoms with Crippen molar-refractivity contribution in [2.24, 2.45) is 10.7 Å². The van der Waals surface area contributed by atoms with Gasteiger partial charge in [0, 0.05) is 5.02 Å². The molecule has 0 aliphatic carbocycles. The lowest BCUT2D eigenvalue weighted by atomic mass is 9.93. The molecule has 30 heavy (non-hydrogen) atoms. The van der Waals surface area contributed by atoms with E-state index in [2.05, 4.69) is 10.3 Å². The normalized spacial score (nSPS) is 12.8. The fraction of sp³-hybridized carbons (Fsp3) is 0.190. The van der Waals surface area contributed by atoms with E-state index in [0.717, 1.165) is 12.4 Å². The van der Waals surface area contributed by atoms with Gasteiger partial charge < -0.3 is 11.1 Å². The van der Waals surface area contributed by atoms with Crippen molar-refractivity contribution < 1.29 is 13.2 Å². The first-order valence-electron chi connectivity index (χ1n) is 8.71. The first-order valence-corrected chi connectivity index (χ1v) is 9.09. The lowest BCUT2D eigenvalue weighted by molar-refractivity contribution is -0.139. The molecule has 5 nitrogen and oxygen atoms in total. The van der Waals surface area contributed by atoms with E-state index in [-0.39, 0.29) is 11.1 Å². The number of nitrogens with one attached hydrogen (secondary N) is 2.